The van der Waals surface area contributed by atoms with Crippen LogP contribution in [0.2, 0.25) is 0 Å². The number of nitrogens with zero attached hydrogens (tertiary/aromatic N) is 2. The quantitative estimate of drug-likeness (QED) is 0.123. The number of hydrogen-bond donors (Lipinski definition) is 1. The number of rotatable bonds is 8. The van der Waals surface area contributed by atoms with E-state index in [1.54, 1.807) is 37.3 Å². The molecule has 3 aromatic carbocycles. The number of hydrogen-bond acceptors (Lipinski definition) is 7. The number of nitrogens with one attached hydrogen (secondary N) is 1. The minimum absolute atomic E-state index is 0.0297. The molecule has 194 valence electrons. The second kappa shape index (κ2) is 11.5. The standard InChI is InChI=1S/C26H19BrFN3O6S/c1-2-36-22-13-16(12-19(27)23(22)37-14-15-7-9-17(10-8-15)31(34)35)11-18-24(32)29-26(38)30(25(18)33)21-6-4-3-5-20(21)28/h3-13H,2,14H2,1H3,(H,29,32,38)/b18-11+. The highest BCUT2D eigenvalue weighted by Crippen LogP contribution is 2.38. The molecule has 0 aliphatic carbocycles. The lowest BCUT2D eigenvalue weighted by Crippen LogP contribution is -2.54. The Labute approximate surface area is 230 Å². The zero-order valence-corrected chi connectivity index (χ0v) is 22.2. The number of thiocarbonyl (C=S) groups is 1. The van der Waals surface area contributed by atoms with Gasteiger partial charge in [-0.3, -0.25) is 25.0 Å². The third-order valence-electron chi connectivity index (χ3n) is 5.37. The number of carbonyl (C=O) groups is 2. The SMILES string of the molecule is CCOc1cc(/C=C2\C(=O)NC(=S)N(c3ccccc3F)C2=O)cc(Br)c1OCc1ccc([N+](=O)[O-])cc1. The van der Waals surface area contributed by atoms with Crippen molar-refractivity contribution in [2.75, 3.05) is 11.5 Å². The Morgan fingerprint density at radius 2 is 1.84 bits per heavy atom. The van der Waals surface area contributed by atoms with Crippen LogP contribution in [0.25, 0.3) is 6.08 Å². The van der Waals surface area contributed by atoms with Gasteiger partial charge < -0.3 is 9.47 Å². The number of anilines is 1. The summed E-state index contributed by atoms with van der Waals surface area (Å²) in [6.45, 7) is 2.19. The second-order valence-corrected chi connectivity index (χ2v) is 9.13. The topological polar surface area (TPSA) is 111 Å². The number of nitro groups is 1. The first-order valence-electron chi connectivity index (χ1n) is 11.2. The first-order chi connectivity index (χ1) is 18.2. The van der Waals surface area contributed by atoms with Crippen LogP contribution in [0.15, 0.2) is 70.7 Å². The summed E-state index contributed by atoms with van der Waals surface area (Å²) in [6.07, 6.45) is 1.35. The van der Waals surface area contributed by atoms with Crippen molar-refractivity contribution in [2.24, 2.45) is 0 Å². The van der Waals surface area contributed by atoms with Crippen LogP contribution < -0.4 is 19.7 Å². The first kappa shape index (κ1) is 26.9. The molecule has 1 N–H and O–H groups in total. The summed E-state index contributed by atoms with van der Waals surface area (Å²) in [5.41, 5.74) is 0.765. The van der Waals surface area contributed by atoms with E-state index in [0.29, 0.717) is 33.7 Å². The lowest BCUT2D eigenvalue weighted by atomic mass is 10.1. The fraction of sp³-hybridized carbons (Fsp3) is 0.115. The van der Waals surface area contributed by atoms with Gasteiger partial charge in [-0.1, -0.05) is 12.1 Å². The summed E-state index contributed by atoms with van der Waals surface area (Å²) < 4.78 is 26.5. The van der Waals surface area contributed by atoms with Gasteiger partial charge in [0.25, 0.3) is 17.5 Å². The van der Waals surface area contributed by atoms with Crippen molar-refractivity contribution in [1.82, 2.24) is 5.32 Å². The minimum Gasteiger partial charge on any atom is -0.490 e. The molecule has 3 aromatic rings. The van der Waals surface area contributed by atoms with Crippen LogP contribution >= 0.6 is 28.1 Å². The molecule has 2 amide bonds. The van der Waals surface area contributed by atoms with Crippen LogP contribution in [0, 0.1) is 15.9 Å². The van der Waals surface area contributed by atoms with Crippen molar-refractivity contribution in [3.63, 3.8) is 0 Å². The number of carbonyl (C=O) groups excluding carboxylic acids is 2. The Bertz CT molecular complexity index is 1480. The van der Waals surface area contributed by atoms with Crippen molar-refractivity contribution in [3.05, 3.63) is 97.8 Å². The maximum Gasteiger partial charge on any atom is 0.270 e. The van der Waals surface area contributed by atoms with Crippen LogP contribution in [-0.2, 0) is 16.2 Å². The van der Waals surface area contributed by atoms with Gasteiger partial charge in [-0.25, -0.2) is 9.29 Å². The van der Waals surface area contributed by atoms with Crippen molar-refractivity contribution in [3.8, 4) is 11.5 Å². The average molecular weight is 600 g/mol. The highest BCUT2D eigenvalue weighted by atomic mass is 79.9. The highest BCUT2D eigenvalue weighted by Gasteiger charge is 2.35. The van der Waals surface area contributed by atoms with Crippen LogP contribution in [0.4, 0.5) is 15.8 Å². The van der Waals surface area contributed by atoms with Crippen LogP contribution in [0.3, 0.4) is 0 Å². The molecule has 38 heavy (non-hydrogen) atoms. The van der Waals surface area contributed by atoms with Crippen LogP contribution in [-0.4, -0.2) is 28.5 Å². The average Bonchev–Trinajstić information content (AvgIpc) is 2.87. The molecule has 1 saturated heterocycles. The maximum absolute atomic E-state index is 14.4. The number of nitro benzene ring substituents is 1. The lowest BCUT2D eigenvalue weighted by molar-refractivity contribution is -0.384. The normalized spacial score (nSPS) is 14.4. The number of ether oxygens (including phenoxy) is 2. The van der Waals surface area contributed by atoms with Crippen molar-refractivity contribution < 1.29 is 28.4 Å². The molecule has 1 heterocycles. The first-order valence-corrected chi connectivity index (χ1v) is 12.4. The lowest BCUT2D eigenvalue weighted by Gasteiger charge is -2.29. The van der Waals surface area contributed by atoms with E-state index in [-0.39, 0.29) is 28.7 Å². The summed E-state index contributed by atoms with van der Waals surface area (Å²) in [4.78, 5) is 37.2. The molecule has 0 bridgehead atoms. The Morgan fingerprint density at radius 1 is 1.13 bits per heavy atom. The van der Waals surface area contributed by atoms with E-state index in [1.165, 1.54) is 36.4 Å². The van der Waals surface area contributed by atoms with E-state index in [2.05, 4.69) is 21.2 Å². The molecular weight excluding hydrogens is 581 g/mol. The van der Waals surface area contributed by atoms with E-state index in [0.717, 1.165) is 4.90 Å². The molecule has 0 spiro atoms. The van der Waals surface area contributed by atoms with E-state index < -0.39 is 22.6 Å². The zero-order valence-electron chi connectivity index (χ0n) is 19.8. The van der Waals surface area contributed by atoms with Crippen LogP contribution in [0.5, 0.6) is 11.5 Å². The van der Waals surface area contributed by atoms with Gasteiger partial charge in [0.05, 0.1) is 21.7 Å². The number of para-hydroxylation sites is 1. The predicted octanol–water partition coefficient (Wildman–Crippen LogP) is 5.31. The molecule has 9 nitrogen and oxygen atoms in total. The Morgan fingerprint density at radius 3 is 2.50 bits per heavy atom. The second-order valence-electron chi connectivity index (χ2n) is 7.88. The number of amides is 2. The van der Waals surface area contributed by atoms with E-state index >= 15 is 0 Å². The van der Waals surface area contributed by atoms with Gasteiger partial charge in [0.15, 0.2) is 16.6 Å². The fourth-order valence-electron chi connectivity index (χ4n) is 3.62. The molecule has 0 aromatic heterocycles. The van der Waals surface area contributed by atoms with Crippen LogP contribution in [0.1, 0.15) is 18.1 Å². The van der Waals surface area contributed by atoms with E-state index in [1.807, 2.05) is 0 Å². The van der Waals surface area contributed by atoms with E-state index in [9.17, 15) is 24.1 Å². The Hall–Kier alpha value is -4.16. The monoisotopic (exact) mass is 599 g/mol. The summed E-state index contributed by atoms with van der Waals surface area (Å²) in [5, 5.41) is 13.1. The molecule has 0 saturated carbocycles. The van der Waals surface area contributed by atoms with Gasteiger partial charge in [0.2, 0.25) is 0 Å². The summed E-state index contributed by atoms with van der Waals surface area (Å²) in [6, 6.07) is 14.8. The zero-order chi connectivity index (χ0) is 27.4. The fourth-order valence-corrected chi connectivity index (χ4v) is 4.47. The molecule has 1 aliphatic rings. The third kappa shape index (κ3) is 5.71. The molecule has 0 radical (unpaired) electrons. The molecule has 1 fully saturated rings. The maximum atomic E-state index is 14.4. The van der Waals surface area contributed by atoms with Gasteiger partial charge in [-0.05, 0) is 88.7 Å². The smallest absolute Gasteiger partial charge is 0.270 e. The van der Waals surface area contributed by atoms with Crippen molar-refractivity contribution >= 4 is 62.5 Å². The molecule has 1 aliphatic heterocycles. The number of benzene rings is 3. The molecule has 0 atom stereocenters. The number of non-ortho nitro benzene ring substituents is 1. The molecule has 0 unspecified atom stereocenters. The van der Waals surface area contributed by atoms with Crippen molar-refractivity contribution in [2.45, 2.75) is 13.5 Å². The number of halogens is 2. The van der Waals surface area contributed by atoms with Crippen molar-refractivity contribution in [1.29, 1.82) is 0 Å². The predicted molar refractivity (Wildman–Crippen MR) is 145 cm³/mol. The Balaban J connectivity index is 1.64. The largest absolute Gasteiger partial charge is 0.490 e. The van der Waals surface area contributed by atoms with E-state index in [4.69, 9.17) is 21.7 Å². The van der Waals surface area contributed by atoms with Gasteiger partial charge in [-0.2, -0.15) is 0 Å². The Kier molecular flexibility index (Phi) is 8.13. The summed E-state index contributed by atoms with van der Waals surface area (Å²) in [5.74, 6) is -1.48. The molecule has 4 rings (SSSR count). The minimum atomic E-state index is -0.781. The molecule has 12 heteroatoms. The van der Waals surface area contributed by atoms with Gasteiger partial charge in [0, 0.05) is 12.1 Å². The van der Waals surface area contributed by atoms with Gasteiger partial charge >= 0.3 is 0 Å². The summed E-state index contributed by atoms with van der Waals surface area (Å²) >= 11 is 8.57. The molecular formula is C26H19BrFN3O6S. The van der Waals surface area contributed by atoms with Gasteiger partial charge in [-0.15, -0.1) is 0 Å². The summed E-state index contributed by atoms with van der Waals surface area (Å²) in [7, 11) is 0. The van der Waals surface area contributed by atoms with Gasteiger partial charge in [0.1, 0.15) is 18.0 Å². The highest BCUT2D eigenvalue weighted by molar-refractivity contribution is 9.10. The third-order valence-corrected chi connectivity index (χ3v) is 6.24.